The first-order valence-electron chi connectivity index (χ1n) is 8.67. The molecule has 2 unspecified atom stereocenters. The van der Waals surface area contributed by atoms with Gasteiger partial charge in [-0.15, -0.1) is 0 Å². The van der Waals surface area contributed by atoms with Crippen LogP contribution in [0, 0.1) is 11.8 Å². The second kappa shape index (κ2) is 7.23. The highest BCUT2D eigenvalue weighted by Gasteiger charge is 2.37. The molecule has 2 aliphatic rings. The molecule has 4 heteroatoms. The summed E-state index contributed by atoms with van der Waals surface area (Å²) < 4.78 is 0. The van der Waals surface area contributed by atoms with Crippen LogP contribution in [-0.4, -0.2) is 34.9 Å². The van der Waals surface area contributed by atoms with Crippen LogP contribution in [0.2, 0.25) is 0 Å². The molecule has 0 radical (unpaired) electrons. The van der Waals surface area contributed by atoms with Gasteiger partial charge in [0.25, 0.3) is 0 Å². The van der Waals surface area contributed by atoms with Crippen molar-refractivity contribution in [2.75, 3.05) is 13.1 Å². The molecule has 1 aromatic rings. The lowest BCUT2D eigenvalue weighted by atomic mass is 10.0. The highest BCUT2D eigenvalue weighted by atomic mass is 16.2. The van der Waals surface area contributed by atoms with E-state index in [0.717, 1.165) is 38.0 Å². The number of hydrogen-bond acceptors (Lipinski definition) is 3. The number of amides is 1. The molecular formula is C18H27N3O. The summed E-state index contributed by atoms with van der Waals surface area (Å²) in [5.41, 5.74) is 0.996. The molecular weight excluding hydrogens is 274 g/mol. The third kappa shape index (κ3) is 3.86. The van der Waals surface area contributed by atoms with Crippen LogP contribution in [0.15, 0.2) is 24.4 Å². The first-order chi connectivity index (χ1) is 10.8. The summed E-state index contributed by atoms with van der Waals surface area (Å²) in [7, 11) is 0. The van der Waals surface area contributed by atoms with Crippen molar-refractivity contribution in [2.24, 2.45) is 11.8 Å². The summed E-state index contributed by atoms with van der Waals surface area (Å²) in [4.78, 5) is 19.6. The van der Waals surface area contributed by atoms with Gasteiger partial charge >= 0.3 is 0 Å². The Labute approximate surface area is 133 Å². The smallest absolute Gasteiger partial charge is 0.226 e. The molecule has 4 nitrogen and oxygen atoms in total. The fraction of sp³-hybridized carbons (Fsp3) is 0.667. The number of hydrogen-bond donors (Lipinski definition) is 1. The monoisotopic (exact) mass is 301 g/mol. The van der Waals surface area contributed by atoms with Crippen molar-refractivity contribution in [1.82, 2.24) is 15.2 Å². The van der Waals surface area contributed by atoms with E-state index in [1.807, 2.05) is 24.4 Å². The Kier molecular flexibility index (Phi) is 5.08. The molecule has 1 aliphatic carbocycles. The first kappa shape index (κ1) is 15.5. The standard InChI is InChI=1S/C18H27N3O/c1-14(15-7-8-15)18(22)21(13-16-5-2-3-11-20-16)17-6-4-10-19-12-9-17/h2-3,5,11,14-15,17,19H,4,6-10,12-13H2,1H3. The second-order valence-corrected chi connectivity index (χ2v) is 6.75. The van der Waals surface area contributed by atoms with Crippen LogP contribution >= 0.6 is 0 Å². The van der Waals surface area contributed by atoms with E-state index in [4.69, 9.17) is 0 Å². The molecule has 120 valence electrons. The van der Waals surface area contributed by atoms with Crippen LogP contribution in [0.1, 0.15) is 44.7 Å². The van der Waals surface area contributed by atoms with Gasteiger partial charge in [-0.2, -0.15) is 0 Å². The van der Waals surface area contributed by atoms with Crippen molar-refractivity contribution in [1.29, 1.82) is 0 Å². The number of pyridine rings is 1. The fourth-order valence-electron chi connectivity index (χ4n) is 3.42. The average Bonchev–Trinajstić information content (AvgIpc) is 3.38. The van der Waals surface area contributed by atoms with E-state index in [2.05, 4.69) is 22.1 Å². The fourth-order valence-corrected chi connectivity index (χ4v) is 3.42. The van der Waals surface area contributed by atoms with Gasteiger partial charge in [0.05, 0.1) is 12.2 Å². The van der Waals surface area contributed by atoms with Gasteiger partial charge in [0.2, 0.25) is 5.91 Å². The molecule has 22 heavy (non-hydrogen) atoms. The topological polar surface area (TPSA) is 45.2 Å². The minimum absolute atomic E-state index is 0.167. The van der Waals surface area contributed by atoms with Gasteiger partial charge in [-0.05, 0) is 63.2 Å². The van der Waals surface area contributed by atoms with Crippen LogP contribution in [0.25, 0.3) is 0 Å². The zero-order valence-corrected chi connectivity index (χ0v) is 13.5. The Balaban J connectivity index is 1.75. The van der Waals surface area contributed by atoms with Crippen molar-refractivity contribution >= 4 is 5.91 Å². The van der Waals surface area contributed by atoms with Gasteiger partial charge in [0.15, 0.2) is 0 Å². The number of carbonyl (C=O) groups is 1. The first-order valence-corrected chi connectivity index (χ1v) is 8.67. The Hall–Kier alpha value is -1.42. The van der Waals surface area contributed by atoms with E-state index in [1.165, 1.54) is 12.8 Å². The number of carbonyl (C=O) groups excluding carboxylic acids is 1. The quantitative estimate of drug-likeness (QED) is 0.909. The minimum Gasteiger partial charge on any atom is -0.334 e. The largest absolute Gasteiger partial charge is 0.334 e. The molecule has 0 bridgehead atoms. The molecule has 2 fully saturated rings. The van der Waals surface area contributed by atoms with Crippen molar-refractivity contribution in [3.63, 3.8) is 0 Å². The molecule has 1 saturated heterocycles. The summed E-state index contributed by atoms with van der Waals surface area (Å²) in [6.45, 7) is 4.84. The van der Waals surface area contributed by atoms with E-state index in [0.29, 0.717) is 24.4 Å². The van der Waals surface area contributed by atoms with Crippen molar-refractivity contribution in [2.45, 2.75) is 51.6 Å². The Morgan fingerprint density at radius 2 is 2.18 bits per heavy atom. The highest BCUT2D eigenvalue weighted by Crippen LogP contribution is 2.38. The van der Waals surface area contributed by atoms with Crippen LogP contribution in [0.3, 0.4) is 0 Å². The number of rotatable bonds is 5. The van der Waals surface area contributed by atoms with Gasteiger partial charge in [-0.1, -0.05) is 13.0 Å². The minimum atomic E-state index is 0.167. The molecule has 1 aromatic heterocycles. The SMILES string of the molecule is CC(C(=O)N(Cc1ccccn1)C1CCCNCC1)C1CC1. The average molecular weight is 301 g/mol. The summed E-state index contributed by atoms with van der Waals surface area (Å²) in [5.74, 6) is 1.11. The molecule has 2 heterocycles. The normalized spacial score (nSPS) is 23.6. The lowest BCUT2D eigenvalue weighted by Gasteiger charge is -2.33. The zero-order chi connectivity index (χ0) is 15.4. The maximum absolute atomic E-state index is 13.0. The van der Waals surface area contributed by atoms with Crippen LogP contribution in [0.5, 0.6) is 0 Å². The van der Waals surface area contributed by atoms with E-state index < -0.39 is 0 Å². The molecule has 3 rings (SSSR count). The van der Waals surface area contributed by atoms with Crippen LogP contribution in [-0.2, 0) is 11.3 Å². The maximum Gasteiger partial charge on any atom is 0.226 e. The molecule has 1 N–H and O–H groups in total. The third-order valence-electron chi connectivity index (χ3n) is 5.05. The highest BCUT2D eigenvalue weighted by molar-refractivity contribution is 5.79. The van der Waals surface area contributed by atoms with Crippen molar-refractivity contribution in [3.8, 4) is 0 Å². The van der Waals surface area contributed by atoms with Gasteiger partial charge < -0.3 is 10.2 Å². The predicted octanol–water partition coefficient (Wildman–Crippen LogP) is 2.60. The van der Waals surface area contributed by atoms with Crippen LogP contribution in [0.4, 0.5) is 0 Å². The van der Waals surface area contributed by atoms with Crippen LogP contribution < -0.4 is 5.32 Å². The maximum atomic E-state index is 13.0. The third-order valence-corrected chi connectivity index (χ3v) is 5.05. The van der Waals surface area contributed by atoms with Crippen molar-refractivity contribution < 1.29 is 4.79 Å². The van der Waals surface area contributed by atoms with Gasteiger partial charge in [-0.25, -0.2) is 0 Å². The molecule has 2 atom stereocenters. The lowest BCUT2D eigenvalue weighted by Crippen LogP contribution is -2.43. The summed E-state index contributed by atoms with van der Waals surface area (Å²) >= 11 is 0. The Bertz CT molecular complexity index is 478. The second-order valence-electron chi connectivity index (χ2n) is 6.75. The van der Waals surface area contributed by atoms with E-state index in [1.54, 1.807) is 0 Å². The number of aromatic nitrogens is 1. The van der Waals surface area contributed by atoms with E-state index in [9.17, 15) is 4.79 Å². The van der Waals surface area contributed by atoms with Gasteiger partial charge in [0.1, 0.15) is 0 Å². The Morgan fingerprint density at radius 1 is 1.32 bits per heavy atom. The molecule has 1 aliphatic heterocycles. The van der Waals surface area contributed by atoms with E-state index in [-0.39, 0.29) is 5.92 Å². The molecule has 1 amide bonds. The van der Waals surface area contributed by atoms with E-state index >= 15 is 0 Å². The lowest BCUT2D eigenvalue weighted by molar-refractivity contribution is -0.139. The zero-order valence-electron chi connectivity index (χ0n) is 13.5. The summed E-state index contributed by atoms with van der Waals surface area (Å²) in [6.07, 6.45) is 7.55. The summed E-state index contributed by atoms with van der Waals surface area (Å²) in [5, 5.41) is 3.45. The Morgan fingerprint density at radius 3 is 2.91 bits per heavy atom. The van der Waals surface area contributed by atoms with Gasteiger partial charge in [0, 0.05) is 18.2 Å². The molecule has 1 saturated carbocycles. The molecule has 0 aromatic carbocycles. The number of nitrogens with one attached hydrogen (secondary N) is 1. The number of nitrogens with zero attached hydrogens (tertiary/aromatic N) is 2. The predicted molar refractivity (Wildman–Crippen MR) is 87.2 cm³/mol. The van der Waals surface area contributed by atoms with Crippen molar-refractivity contribution in [3.05, 3.63) is 30.1 Å². The molecule has 0 spiro atoms. The summed E-state index contributed by atoms with van der Waals surface area (Å²) in [6, 6.07) is 6.31. The van der Waals surface area contributed by atoms with Gasteiger partial charge in [-0.3, -0.25) is 9.78 Å².